The zero-order valence-corrected chi connectivity index (χ0v) is 11.4. The number of aromatic nitrogens is 2. The number of hydrogen-bond acceptors (Lipinski definition) is 4. The topological polar surface area (TPSA) is 86.9 Å². The van der Waals surface area contributed by atoms with Crippen LogP contribution in [0.5, 0.6) is 0 Å². The number of nitrogens with zero attached hydrogens (tertiary/aromatic N) is 1. The summed E-state index contributed by atoms with van der Waals surface area (Å²) in [6.45, 7) is 0.718. The molecule has 102 valence electrons. The average Bonchev–Trinajstić information content (AvgIpc) is 2.91. The lowest BCUT2D eigenvalue weighted by molar-refractivity contribution is 0.579. The van der Waals surface area contributed by atoms with E-state index in [0.29, 0.717) is 11.4 Å². The van der Waals surface area contributed by atoms with Gasteiger partial charge in [0.05, 0.1) is 11.1 Å². The van der Waals surface area contributed by atoms with Crippen LogP contribution >= 0.6 is 0 Å². The molecule has 0 aliphatic carbocycles. The van der Waals surface area contributed by atoms with E-state index in [9.17, 15) is 8.42 Å². The molecule has 0 atom stereocenters. The van der Waals surface area contributed by atoms with Gasteiger partial charge in [0.2, 0.25) is 10.0 Å². The van der Waals surface area contributed by atoms with Gasteiger partial charge < -0.3 is 5.32 Å². The van der Waals surface area contributed by atoms with Gasteiger partial charge in [-0.1, -0.05) is 18.2 Å². The molecule has 0 aliphatic rings. The van der Waals surface area contributed by atoms with Gasteiger partial charge in [0.15, 0.2) is 0 Å². The number of nitrogens with one attached hydrogen (secondary N) is 3. The van der Waals surface area contributed by atoms with Crippen LogP contribution in [0.25, 0.3) is 0 Å². The minimum Gasteiger partial charge on any atom is -0.316 e. The first-order valence-corrected chi connectivity index (χ1v) is 7.31. The van der Waals surface area contributed by atoms with E-state index in [-0.39, 0.29) is 6.54 Å². The van der Waals surface area contributed by atoms with Gasteiger partial charge in [-0.3, -0.25) is 5.10 Å². The van der Waals surface area contributed by atoms with Crippen LogP contribution in [-0.4, -0.2) is 25.7 Å². The maximum Gasteiger partial charge on any atom is 0.241 e. The van der Waals surface area contributed by atoms with Crippen molar-refractivity contribution < 1.29 is 8.42 Å². The summed E-state index contributed by atoms with van der Waals surface area (Å²) in [5.41, 5.74) is 1.53. The molecule has 1 aromatic carbocycles. The van der Waals surface area contributed by atoms with E-state index in [0.717, 1.165) is 11.1 Å². The van der Waals surface area contributed by atoms with Gasteiger partial charge in [0, 0.05) is 24.8 Å². The Morgan fingerprint density at radius 1 is 1.26 bits per heavy atom. The van der Waals surface area contributed by atoms with Gasteiger partial charge in [0.1, 0.15) is 0 Å². The number of hydrogen-bond donors (Lipinski definition) is 3. The van der Waals surface area contributed by atoms with Crippen LogP contribution in [-0.2, 0) is 23.1 Å². The van der Waals surface area contributed by atoms with Gasteiger partial charge >= 0.3 is 0 Å². The number of H-pyrrole nitrogens is 1. The van der Waals surface area contributed by atoms with Crippen molar-refractivity contribution in [2.45, 2.75) is 18.0 Å². The Morgan fingerprint density at radius 2 is 2.05 bits per heavy atom. The molecule has 1 heterocycles. The summed E-state index contributed by atoms with van der Waals surface area (Å²) in [5, 5.41) is 9.37. The van der Waals surface area contributed by atoms with Crippen LogP contribution in [0.15, 0.2) is 41.6 Å². The Bertz CT molecular complexity index is 623. The Balaban J connectivity index is 2.19. The smallest absolute Gasteiger partial charge is 0.241 e. The summed E-state index contributed by atoms with van der Waals surface area (Å²) < 4.78 is 27.1. The van der Waals surface area contributed by atoms with Crippen LogP contribution < -0.4 is 10.0 Å². The predicted molar refractivity (Wildman–Crippen MR) is 71.8 cm³/mol. The molecule has 0 saturated carbocycles. The number of benzene rings is 1. The normalized spacial score (nSPS) is 11.6. The molecule has 0 unspecified atom stereocenters. The zero-order valence-electron chi connectivity index (χ0n) is 10.6. The molecule has 3 N–H and O–H groups in total. The number of aromatic amines is 1. The maximum absolute atomic E-state index is 12.3. The third-order valence-corrected chi connectivity index (χ3v) is 4.15. The van der Waals surface area contributed by atoms with E-state index in [1.165, 1.54) is 0 Å². The molecule has 0 amide bonds. The fourth-order valence-corrected chi connectivity index (χ4v) is 2.99. The van der Waals surface area contributed by atoms with E-state index >= 15 is 0 Å². The van der Waals surface area contributed by atoms with Crippen molar-refractivity contribution in [3.63, 3.8) is 0 Å². The molecule has 19 heavy (non-hydrogen) atoms. The number of sulfonamides is 1. The van der Waals surface area contributed by atoms with Crippen molar-refractivity contribution >= 4 is 10.0 Å². The Morgan fingerprint density at radius 3 is 2.74 bits per heavy atom. The van der Waals surface area contributed by atoms with E-state index in [2.05, 4.69) is 20.2 Å². The summed E-state index contributed by atoms with van der Waals surface area (Å²) in [6.07, 6.45) is 3.24. The van der Waals surface area contributed by atoms with Crippen LogP contribution in [0, 0.1) is 0 Å². The summed E-state index contributed by atoms with van der Waals surface area (Å²) in [7, 11) is -1.74. The summed E-state index contributed by atoms with van der Waals surface area (Å²) in [4.78, 5) is 0.299. The fourth-order valence-electron chi connectivity index (χ4n) is 1.73. The highest BCUT2D eigenvalue weighted by molar-refractivity contribution is 7.89. The van der Waals surface area contributed by atoms with Crippen LogP contribution in [0.1, 0.15) is 11.1 Å². The molecule has 2 aromatic rings. The minimum atomic E-state index is -3.52. The predicted octanol–water partition coefficient (Wildman–Crippen LogP) is 0.608. The summed E-state index contributed by atoms with van der Waals surface area (Å²) in [6, 6.07) is 6.93. The quantitative estimate of drug-likeness (QED) is 0.723. The largest absolute Gasteiger partial charge is 0.316 e. The van der Waals surface area contributed by atoms with Gasteiger partial charge in [-0.15, -0.1) is 0 Å². The summed E-state index contributed by atoms with van der Waals surface area (Å²) in [5.74, 6) is 0. The molecule has 0 spiro atoms. The molecule has 2 rings (SSSR count). The molecular weight excluding hydrogens is 264 g/mol. The minimum absolute atomic E-state index is 0.215. The van der Waals surface area contributed by atoms with Crippen molar-refractivity contribution in [1.82, 2.24) is 20.2 Å². The second-order valence-electron chi connectivity index (χ2n) is 4.07. The third-order valence-electron chi connectivity index (χ3n) is 2.65. The SMILES string of the molecule is CNCc1ccccc1S(=O)(=O)NCc1cn[nH]c1. The van der Waals surface area contributed by atoms with Crippen molar-refractivity contribution in [3.05, 3.63) is 47.8 Å². The molecule has 6 nitrogen and oxygen atoms in total. The molecule has 0 aliphatic heterocycles. The third kappa shape index (κ3) is 3.40. The van der Waals surface area contributed by atoms with Crippen molar-refractivity contribution in [3.8, 4) is 0 Å². The van der Waals surface area contributed by atoms with Gasteiger partial charge in [-0.25, -0.2) is 13.1 Å². The van der Waals surface area contributed by atoms with Crippen LogP contribution in [0.2, 0.25) is 0 Å². The molecule has 0 bridgehead atoms. The second-order valence-corrected chi connectivity index (χ2v) is 5.80. The number of rotatable bonds is 6. The highest BCUT2D eigenvalue weighted by Gasteiger charge is 2.17. The highest BCUT2D eigenvalue weighted by atomic mass is 32.2. The van der Waals surface area contributed by atoms with Gasteiger partial charge in [-0.2, -0.15) is 5.10 Å². The zero-order chi connectivity index (χ0) is 13.7. The monoisotopic (exact) mass is 280 g/mol. The van der Waals surface area contributed by atoms with Crippen LogP contribution in [0.4, 0.5) is 0 Å². The van der Waals surface area contributed by atoms with E-state index in [1.54, 1.807) is 37.6 Å². The van der Waals surface area contributed by atoms with Crippen LogP contribution in [0.3, 0.4) is 0 Å². The standard InChI is InChI=1S/C12H16N4O2S/c1-13-9-11-4-2-3-5-12(11)19(17,18)16-8-10-6-14-15-7-10/h2-7,13,16H,8-9H2,1H3,(H,14,15). The Labute approximate surface area is 112 Å². The van der Waals surface area contributed by atoms with Crippen molar-refractivity contribution in [2.75, 3.05) is 7.05 Å². The van der Waals surface area contributed by atoms with E-state index in [4.69, 9.17) is 0 Å². The molecule has 0 fully saturated rings. The first-order chi connectivity index (χ1) is 9.13. The highest BCUT2D eigenvalue weighted by Crippen LogP contribution is 2.15. The van der Waals surface area contributed by atoms with E-state index in [1.807, 2.05) is 6.07 Å². The lowest BCUT2D eigenvalue weighted by Gasteiger charge is -2.10. The summed E-state index contributed by atoms with van der Waals surface area (Å²) >= 11 is 0. The first kappa shape index (κ1) is 13.7. The maximum atomic E-state index is 12.3. The Hall–Kier alpha value is -1.70. The molecular formula is C12H16N4O2S. The lowest BCUT2D eigenvalue weighted by atomic mass is 10.2. The van der Waals surface area contributed by atoms with Gasteiger partial charge in [-0.05, 0) is 18.7 Å². The fraction of sp³-hybridized carbons (Fsp3) is 0.250. The van der Waals surface area contributed by atoms with E-state index < -0.39 is 10.0 Å². The van der Waals surface area contributed by atoms with Crippen molar-refractivity contribution in [1.29, 1.82) is 0 Å². The molecule has 1 aromatic heterocycles. The second kappa shape index (κ2) is 5.96. The molecule has 7 heteroatoms. The lowest BCUT2D eigenvalue weighted by Crippen LogP contribution is -2.25. The molecule has 0 saturated heterocycles. The molecule has 0 radical (unpaired) electrons. The average molecular weight is 280 g/mol. The van der Waals surface area contributed by atoms with Gasteiger partial charge in [0.25, 0.3) is 0 Å². The first-order valence-electron chi connectivity index (χ1n) is 5.83. The Kier molecular flexibility index (Phi) is 4.31. The van der Waals surface area contributed by atoms with Crippen molar-refractivity contribution in [2.24, 2.45) is 0 Å².